The number of aryl methyl sites for hydroxylation is 3. The summed E-state index contributed by atoms with van der Waals surface area (Å²) < 4.78 is 0.939. The van der Waals surface area contributed by atoms with Gasteiger partial charge in [-0.05, 0) is 44.9 Å². The second kappa shape index (κ2) is 8.27. The van der Waals surface area contributed by atoms with Crippen LogP contribution in [0, 0.1) is 20.8 Å². The molecule has 0 spiro atoms. The van der Waals surface area contributed by atoms with E-state index >= 15 is 0 Å². The van der Waals surface area contributed by atoms with Crippen molar-refractivity contribution in [2.24, 2.45) is 0 Å². The predicted octanol–water partition coefficient (Wildman–Crippen LogP) is 5.28. The van der Waals surface area contributed by atoms with Crippen molar-refractivity contribution in [1.29, 1.82) is 0 Å². The van der Waals surface area contributed by atoms with Gasteiger partial charge >= 0.3 is 0 Å². The minimum absolute atomic E-state index is 0.0673. The molecule has 27 heavy (non-hydrogen) atoms. The number of halogens is 1. The Labute approximate surface area is 171 Å². The SMILES string of the molecule is Cc1cc(C)c(NC(=O)C(C)Sc2n[nH]c(-c3ccccc3Br)n2)c(C)c1. The van der Waals surface area contributed by atoms with Gasteiger partial charge in [0.2, 0.25) is 11.1 Å². The fourth-order valence-electron chi connectivity index (χ4n) is 2.89. The number of carbonyl (C=O) groups excluding carboxylic acids is 1. The maximum Gasteiger partial charge on any atom is 0.237 e. The van der Waals surface area contributed by atoms with Crippen LogP contribution in [-0.2, 0) is 4.79 Å². The number of anilines is 1. The van der Waals surface area contributed by atoms with Gasteiger partial charge in [0.15, 0.2) is 5.82 Å². The molecule has 2 aromatic carbocycles. The molecule has 0 aliphatic heterocycles. The number of hydrogen-bond donors (Lipinski definition) is 2. The Hall–Kier alpha value is -2.12. The number of carbonyl (C=O) groups is 1. The minimum atomic E-state index is -0.326. The fourth-order valence-corrected chi connectivity index (χ4v) is 4.08. The van der Waals surface area contributed by atoms with Gasteiger partial charge in [-0.3, -0.25) is 9.89 Å². The molecule has 3 aromatic rings. The molecule has 0 fully saturated rings. The lowest BCUT2D eigenvalue weighted by Crippen LogP contribution is -2.23. The van der Waals surface area contributed by atoms with E-state index in [4.69, 9.17) is 0 Å². The molecule has 1 atom stereocenters. The van der Waals surface area contributed by atoms with Crippen molar-refractivity contribution < 1.29 is 4.79 Å². The quantitative estimate of drug-likeness (QED) is 0.525. The first-order chi connectivity index (χ1) is 12.8. The van der Waals surface area contributed by atoms with Gasteiger partial charge in [-0.2, -0.15) is 0 Å². The number of aromatic amines is 1. The van der Waals surface area contributed by atoms with Crippen molar-refractivity contribution in [1.82, 2.24) is 15.2 Å². The molecule has 5 nitrogen and oxygen atoms in total. The Bertz CT molecular complexity index is 963. The third kappa shape index (κ3) is 4.59. The highest BCUT2D eigenvalue weighted by Crippen LogP contribution is 2.28. The van der Waals surface area contributed by atoms with Gasteiger partial charge in [0.1, 0.15) is 0 Å². The van der Waals surface area contributed by atoms with E-state index < -0.39 is 0 Å². The molecule has 0 aliphatic rings. The largest absolute Gasteiger partial charge is 0.325 e. The van der Waals surface area contributed by atoms with Crippen LogP contribution >= 0.6 is 27.7 Å². The lowest BCUT2D eigenvalue weighted by Gasteiger charge is -2.15. The topological polar surface area (TPSA) is 70.7 Å². The normalized spacial score (nSPS) is 12.0. The van der Waals surface area contributed by atoms with Crippen LogP contribution in [0.4, 0.5) is 5.69 Å². The molecule has 1 aromatic heterocycles. The van der Waals surface area contributed by atoms with Crippen molar-refractivity contribution in [3.63, 3.8) is 0 Å². The Morgan fingerprint density at radius 3 is 2.52 bits per heavy atom. The highest BCUT2D eigenvalue weighted by Gasteiger charge is 2.19. The van der Waals surface area contributed by atoms with E-state index in [1.54, 1.807) is 0 Å². The van der Waals surface area contributed by atoms with Crippen molar-refractivity contribution >= 4 is 39.3 Å². The molecule has 0 radical (unpaired) electrons. The van der Waals surface area contributed by atoms with Gasteiger partial charge in [-0.25, -0.2) is 4.98 Å². The maximum absolute atomic E-state index is 12.6. The second-order valence-electron chi connectivity index (χ2n) is 6.47. The van der Waals surface area contributed by atoms with Crippen LogP contribution in [0.15, 0.2) is 46.0 Å². The van der Waals surface area contributed by atoms with Crippen LogP contribution in [-0.4, -0.2) is 26.3 Å². The second-order valence-corrected chi connectivity index (χ2v) is 8.63. The average Bonchev–Trinajstić information content (AvgIpc) is 3.06. The summed E-state index contributed by atoms with van der Waals surface area (Å²) in [5, 5.41) is 10.4. The van der Waals surface area contributed by atoms with E-state index in [0.717, 1.165) is 26.9 Å². The highest BCUT2D eigenvalue weighted by atomic mass is 79.9. The van der Waals surface area contributed by atoms with E-state index in [0.29, 0.717) is 11.0 Å². The lowest BCUT2D eigenvalue weighted by atomic mass is 10.1. The van der Waals surface area contributed by atoms with Gasteiger partial charge in [0.25, 0.3) is 0 Å². The molecule has 7 heteroatoms. The molecule has 1 amide bonds. The summed E-state index contributed by atoms with van der Waals surface area (Å²) in [5.41, 5.74) is 5.12. The lowest BCUT2D eigenvalue weighted by molar-refractivity contribution is -0.115. The number of H-pyrrole nitrogens is 1. The number of benzene rings is 2. The zero-order valence-electron chi connectivity index (χ0n) is 15.6. The van der Waals surface area contributed by atoms with Crippen molar-refractivity contribution in [3.8, 4) is 11.4 Å². The fraction of sp³-hybridized carbons (Fsp3) is 0.250. The van der Waals surface area contributed by atoms with Crippen LogP contribution in [0.3, 0.4) is 0 Å². The van der Waals surface area contributed by atoms with Crippen molar-refractivity contribution in [3.05, 3.63) is 57.6 Å². The highest BCUT2D eigenvalue weighted by molar-refractivity contribution is 9.10. The standard InChI is InChI=1S/C20H21BrN4OS/c1-11-9-12(2)17(13(3)10-11)22-19(26)14(4)27-20-23-18(24-25-20)15-7-5-6-8-16(15)21/h5-10,14H,1-4H3,(H,22,26)(H,23,24,25). The summed E-state index contributed by atoms with van der Waals surface area (Å²) in [6, 6.07) is 11.9. The van der Waals surface area contributed by atoms with Gasteiger partial charge in [-0.15, -0.1) is 5.10 Å². The summed E-state index contributed by atoms with van der Waals surface area (Å²) in [6.45, 7) is 7.92. The van der Waals surface area contributed by atoms with Crippen molar-refractivity contribution in [2.75, 3.05) is 5.32 Å². The number of nitrogens with zero attached hydrogens (tertiary/aromatic N) is 2. The van der Waals surface area contributed by atoms with E-state index in [9.17, 15) is 4.79 Å². The molecular formula is C20H21BrN4OS. The van der Waals surface area contributed by atoms with Crippen LogP contribution in [0.2, 0.25) is 0 Å². The Kier molecular flexibility index (Phi) is 6.01. The molecular weight excluding hydrogens is 424 g/mol. The first kappa shape index (κ1) is 19.6. The maximum atomic E-state index is 12.6. The zero-order valence-corrected chi connectivity index (χ0v) is 18.0. The number of rotatable bonds is 5. The third-order valence-electron chi connectivity index (χ3n) is 4.17. The Balaban J connectivity index is 1.70. The molecule has 0 bridgehead atoms. The summed E-state index contributed by atoms with van der Waals surface area (Å²) in [4.78, 5) is 17.1. The summed E-state index contributed by atoms with van der Waals surface area (Å²) in [6.07, 6.45) is 0. The average molecular weight is 445 g/mol. The van der Waals surface area contributed by atoms with E-state index in [2.05, 4.69) is 55.5 Å². The number of nitrogens with one attached hydrogen (secondary N) is 2. The van der Waals surface area contributed by atoms with Crippen molar-refractivity contribution in [2.45, 2.75) is 38.1 Å². The number of amides is 1. The number of hydrogen-bond acceptors (Lipinski definition) is 4. The molecule has 0 saturated carbocycles. The molecule has 0 saturated heterocycles. The number of thioether (sulfide) groups is 1. The summed E-state index contributed by atoms with van der Waals surface area (Å²) in [7, 11) is 0. The molecule has 1 unspecified atom stereocenters. The third-order valence-corrected chi connectivity index (χ3v) is 5.82. The first-order valence-corrected chi connectivity index (χ1v) is 10.2. The predicted molar refractivity (Wildman–Crippen MR) is 114 cm³/mol. The number of aromatic nitrogens is 3. The van der Waals surface area contributed by atoms with Gasteiger partial charge in [0.05, 0.1) is 5.25 Å². The molecule has 3 rings (SSSR count). The molecule has 2 N–H and O–H groups in total. The van der Waals surface area contributed by atoms with Crippen LogP contribution in [0.25, 0.3) is 11.4 Å². The van der Waals surface area contributed by atoms with E-state index in [1.165, 1.54) is 17.3 Å². The van der Waals surface area contributed by atoms with Gasteiger partial charge in [0, 0.05) is 15.7 Å². The van der Waals surface area contributed by atoms with Gasteiger partial charge in [-0.1, -0.05) is 63.6 Å². The molecule has 140 valence electrons. The molecule has 0 aliphatic carbocycles. The smallest absolute Gasteiger partial charge is 0.237 e. The summed E-state index contributed by atoms with van der Waals surface area (Å²) >= 11 is 4.84. The van der Waals surface area contributed by atoms with Crippen LogP contribution in [0.1, 0.15) is 23.6 Å². The molecule has 1 heterocycles. The summed E-state index contributed by atoms with van der Waals surface area (Å²) in [5.74, 6) is 0.602. The van der Waals surface area contributed by atoms with Crippen LogP contribution < -0.4 is 5.32 Å². The monoisotopic (exact) mass is 444 g/mol. The zero-order chi connectivity index (χ0) is 19.6. The van der Waals surface area contributed by atoms with E-state index in [-0.39, 0.29) is 11.2 Å². The van der Waals surface area contributed by atoms with E-state index in [1.807, 2.05) is 45.0 Å². The first-order valence-electron chi connectivity index (χ1n) is 8.58. The Morgan fingerprint density at radius 1 is 1.19 bits per heavy atom. The minimum Gasteiger partial charge on any atom is -0.325 e. The van der Waals surface area contributed by atoms with Gasteiger partial charge < -0.3 is 5.32 Å². The Morgan fingerprint density at radius 2 is 1.85 bits per heavy atom. The van der Waals surface area contributed by atoms with Crippen LogP contribution in [0.5, 0.6) is 0 Å².